The molecule has 0 radical (unpaired) electrons. The van der Waals surface area contributed by atoms with E-state index in [2.05, 4.69) is 20.6 Å². The second-order valence-corrected chi connectivity index (χ2v) is 19.1. The zero-order valence-electron chi connectivity index (χ0n) is 41.5. The molecule has 68 heavy (non-hydrogen) atoms. The van der Waals surface area contributed by atoms with Crippen LogP contribution < -0.4 is 31.2 Å². The molecule has 8 rings (SSSR count). The first-order chi connectivity index (χ1) is 32.8. The zero-order valence-corrected chi connectivity index (χ0v) is 41.5. The summed E-state index contributed by atoms with van der Waals surface area (Å²) in [7, 11) is 0. The summed E-state index contributed by atoms with van der Waals surface area (Å²) in [6.07, 6.45) is 13.3. The van der Waals surface area contributed by atoms with Crippen LogP contribution in [0.4, 0.5) is 0 Å². The van der Waals surface area contributed by atoms with Crippen molar-refractivity contribution in [3.8, 4) is 34.3 Å². The molecule has 2 saturated carbocycles. The highest BCUT2D eigenvalue weighted by molar-refractivity contribution is 5.67. The Balaban J connectivity index is 0.000000201. The zero-order chi connectivity index (χ0) is 48.5. The van der Waals surface area contributed by atoms with Crippen LogP contribution in [0.5, 0.6) is 11.5 Å². The lowest BCUT2D eigenvalue weighted by Crippen LogP contribution is -2.30. The lowest BCUT2D eigenvalue weighted by Gasteiger charge is -2.21. The van der Waals surface area contributed by atoms with E-state index in [4.69, 9.17) is 29.6 Å². The van der Waals surface area contributed by atoms with Crippen molar-refractivity contribution in [1.82, 2.24) is 49.8 Å². The maximum atomic E-state index is 13.2. The predicted octanol–water partition coefficient (Wildman–Crippen LogP) is 8.52. The quantitative estimate of drug-likeness (QED) is 0.0505. The second kappa shape index (κ2) is 23.3. The molecule has 2 atom stereocenters. The molecule has 2 aliphatic carbocycles. The lowest BCUT2D eigenvalue weighted by atomic mass is 10.00. The van der Waals surface area contributed by atoms with Crippen LogP contribution in [-0.2, 0) is 0 Å². The number of nitrogens with one attached hydrogen (secondary N) is 4. The standard InChI is InChI=1S/2C26H37N5O3/c1-5-34-22-13-12-19(21(15-32)27-16(2)3)14-20(22)24-29-26(33)23-17(4)28-25(31(23)30-24)18-10-8-6-7-9-11-18;1-5-34-22-13-12-19(21(32)15-27-16(2)3)14-20(22)24-29-26(33)23-17(4)28-25(31(23)30-24)18-10-8-6-7-9-11-18/h2*12-14,16,18,21,27,32H,5-11,15H2,1-4H3,(H,29,30,33). The van der Waals surface area contributed by atoms with Gasteiger partial charge < -0.3 is 40.3 Å². The minimum Gasteiger partial charge on any atom is -0.493 e. The first-order valence-electron chi connectivity index (χ1n) is 25.1. The summed E-state index contributed by atoms with van der Waals surface area (Å²) in [4.78, 5) is 41.9. The van der Waals surface area contributed by atoms with Gasteiger partial charge in [-0.15, -0.1) is 10.2 Å². The number of imidazole rings is 2. The number of ether oxygens (including phenoxy) is 2. The predicted molar refractivity (Wildman–Crippen MR) is 267 cm³/mol. The first-order valence-corrected chi connectivity index (χ1v) is 25.1. The van der Waals surface area contributed by atoms with E-state index in [0.29, 0.717) is 88.3 Å². The van der Waals surface area contributed by atoms with Crippen LogP contribution in [0, 0.1) is 13.8 Å². The maximum absolute atomic E-state index is 13.2. The number of aromatic nitrogens is 8. The van der Waals surface area contributed by atoms with E-state index < -0.39 is 6.10 Å². The number of hydrogen-bond donors (Lipinski definition) is 6. The van der Waals surface area contributed by atoms with Crippen LogP contribution in [0.3, 0.4) is 0 Å². The van der Waals surface area contributed by atoms with Crippen molar-refractivity contribution in [2.75, 3.05) is 26.4 Å². The molecule has 2 aliphatic rings. The van der Waals surface area contributed by atoms with Crippen LogP contribution in [0.2, 0.25) is 0 Å². The third-order valence-electron chi connectivity index (χ3n) is 13.2. The van der Waals surface area contributed by atoms with Crippen molar-refractivity contribution in [3.63, 3.8) is 0 Å². The molecule has 2 aromatic carbocycles. The maximum Gasteiger partial charge on any atom is 0.277 e. The van der Waals surface area contributed by atoms with Crippen molar-refractivity contribution >= 4 is 11.0 Å². The Morgan fingerprint density at radius 2 is 1.12 bits per heavy atom. The number of aliphatic hydroxyl groups excluding tert-OH is 2. The highest BCUT2D eigenvalue weighted by atomic mass is 16.5. The molecule has 16 heteroatoms. The van der Waals surface area contributed by atoms with Gasteiger partial charge in [0.25, 0.3) is 11.1 Å². The van der Waals surface area contributed by atoms with Gasteiger partial charge in [0.1, 0.15) is 23.1 Å². The van der Waals surface area contributed by atoms with Gasteiger partial charge in [0, 0.05) is 30.5 Å². The van der Waals surface area contributed by atoms with E-state index in [1.54, 1.807) is 9.03 Å². The molecule has 0 saturated heterocycles. The van der Waals surface area contributed by atoms with Crippen LogP contribution in [0.1, 0.15) is 177 Å². The van der Waals surface area contributed by atoms with Crippen molar-refractivity contribution in [1.29, 1.82) is 0 Å². The van der Waals surface area contributed by atoms with Crippen LogP contribution in [-0.4, -0.2) is 87.8 Å². The molecule has 6 N–H and O–H groups in total. The van der Waals surface area contributed by atoms with Gasteiger partial charge in [-0.25, -0.2) is 19.0 Å². The third-order valence-corrected chi connectivity index (χ3v) is 13.2. The number of hydrogen-bond acceptors (Lipinski definition) is 12. The highest BCUT2D eigenvalue weighted by Gasteiger charge is 2.26. The van der Waals surface area contributed by atoms with Crippen molar-refractivity contribution < 1.29 is 19.7 Å². The normalized spacial score (nSPS) is 16.2. The van der Waals surface area contributed by atoms with Crippen LogP contribution in [0.25, 0.3) is 33.8 Å². The Kier molecular flexibility index (Phi) is 17.3. The summed E-state index contributed by atoms with van der Waals surface area (Å²) in [6, 6.07) is 11.6. The number of aliphatic hydroxyl groups is 2. The summed E-state index contributed by atoms with van der Waals surface area (Å²) in [6.45, 7) is 17.1. The van der Waals surface area contributed by atoms with Gasteiger partial charge in [-0.05, 0) is 88.8 Å². The largest absolute Gasteiger partial charge is 0.493 e. The molecule has 4 heterocycles. The molecule has 0 spiro atoms. The van der Waals surface area contributed by atoms with Gasteiger partial charge in [-0.2, -0.15) is 0 Å². The number of aryl methyl sites for hydroxylation is 2. The highest BCUT2D eigenvalue weighted by Crippen LogP contribution is 2.36. The molecule has 0 bridgehead atoms. The van der Waals surface area contributed by atoms with Crippen molar-refractivity contribution in [2.24, 2.45) is 0 Å². The van der Waals surface area contributed by atoms with Gasteiger partial charge in [-0.3, -0.25) is 9.59 Å². The fraction of sp³-hybridized carbons (Fsp3) is 0.577. The van der Waals surface area contributed by atoms with Gasteiger partial charge in [0.05, 0.1) is 54.5 Å². The molecule has 0 amide bonds. The summed E-state index contributed by atoms with van der Waals surface area (Å²) in [5.41, 5.74) is 4.98. The smallest absolute Gasteiger partial charge is 0.277 e. The topological polar surface area (TPSA) is 209 Å². The first kappa shape index (κ1) is 50.5. The Morgan fingerprint density at radius 1 is 0.676 bits per heavy atom. The second-order valence-electron chi connectivity index (χ2n) is 19.1. The molecular formula is C52H74N10O6. The SMILES string of the molecule is CCOc1ccc(C(CO)NC(C)C)cc1-c1nn2c(C3CCCCCC3)nc(C)c2c(=O)[nH]1.CCOc1ccc(C(O)CNC(C)C)cc1-c1nn2c(C3CCCCCC3)nc(C)c2c(=O)[nH]1. The van der Waals surface area contributed by atoms with E-state index in [0.717, 1.165) is 48.5 Å². The average molecular weight is 935 g/mol. The number of rotatable bonds is 16. The van der Waals surface area contributed by atoms with Crippen LogP contribution in [0.15, 0.2) is 46.0 Å². The molecular weight excluding hydrogens is 861 g/mol. The summed E-state index contributed by atoms with van der Waals surface area (Å²) >= 11 is 0. The Hall–Kier alpha value is -5.42. The number of fused-ring (bicyclic) bond motifs is 2. The summed E-state index contributed by atoms with van der Waals surface area (Å²) in [5.74, 6) is 4.47. The fourth-order valence-electron chi connectivity index (χ4n) is 9.81. The van der Waals surface area contributed by atoms with E-state index in [1.807, 2.05) is 91.8 Å². The van der Waals surface area contributed by atoms with Crippen molar-refractivity contribution in [2.45, 2.75) is 169 Å². The molecule has 0 aliphatic heterocycles. The lowest BCUT2D eigenvalue weighted by molar-refractivity contribution is 0.171. The number of nitrogens with zero attached hydrogens (tertiary/aromatic N) is 6. The van der Waals surface area contributed by atoms with Gasteiger partial charge in [0.15, 0.2) is 22.7 Å². The van der Waals surface area contributed by atoms with E-state index >= 15 is 0 Å². The fourth-order valence-corrected chi connectivity index (χ4v) is 9.81. The molecule has 2 fully saturated rings. The molecule has 6 aromatic rings. The minimum atomic E-state index is -0.690. The number of aromatic amines is 2. The minimum absolute atomic E-state index is 0.0405. The van der Waals surface area contributed by atoms with Gasteiger partial charge in [0.2, 0.25) is 0 Å². The average Bonchev–Trinajstić information content (AvgIpc) is 3.54. The van der Waals surface area contributed by atoms with Gasteiger partial charge in [-0.1, -0.05) is 91.2 Å². The van der Waals surface area contributed by atoms with E-state index in [1.165, 1.54) is 51.4 Å². The molecule has 368 valence electrons. The van der Waals surface area contributed by atoms with Gasteiger partial charge >= 0.3 is 0 Å². The number of H-pyrrole nitrogens is 2. The Labute approximate surface area is 399 Å². The summed E-state index contributed by atoms with van der Waals surface area (Å²) < 4.78 is 15.3. The van der Waals surface area contributed by atoms with Crippen molar-refractivity contribution in [3.05, 3.63) is 91.3 Å². The molecule has 16 nitrogen and oxygen atoms in total. The number of benzene rings is 2. The van der Waals surface area contributed by atoms with E-state index in [-0.39, 0.29) is 35.9 Å². The monoisotopic (exact) mass is 935 g/mol. The summed E-state index contributed by atoms with van der Waals surface area (Å²) in [5, 5.41) is 37.1. The van der Waals surface area contributed by atoms with E-state index in [9.17, 15) is 19.8 Å². The van der Waals surface area contributed by atoms with Crippen LogP contribution >= 0.6 is 0 Å². The Bertz CT molecular complexity index is 2720. The molecule has 4 aromatic heterocycles. The third kappa shape index (κ3) is 11.7. The molecule has 2 unspecified atom stereocenters. The Morgan fingerprint density at radius 3 is 1.53 bits per heavy atom.